The predicted octanol–water partition coefficient (Wildman–Crippen LogP) is 1.23. The van der Waals surface area contributed by atoms with Crippen LogP contribution in [-0.4, -0.2) is 0 Å². The Morgan fingerprint density at radius 1 is 1.60 bits per heavy atom. The molecule has 0 aliphatic carbocycles. The number of allylic oxidation sites excluding steroid dienone is 1. The van der Waals surface area contributed by atoms with Gasteiger partial charge in [-0.3, -0.25) is 0 Å². The molecule has 0 nitrogen and oxygen atoms in total. The Balaban J connectivity index is 4.47. The molecule has 0 aromatic heterocycles. The Hall–Kier alpha value is -2.11. The summed E-state index contributed by atoms with van der Waals surface area (Å²) in [4.78, 5) is 0. The molecule has 0 saturated carbocycles. The first-order valence-corrected chi connectivity index (χ1v) is 2.29. The third-order valence-corrected chi connectivity index (χ3v) is 0.447. The molecule has 10 heavy (non-hydrogen) atoms. The fourth-order valence-electron chi connectivity index (χ4n) is 0.192. The van der Waals surface area contributed by atoms with Crippen LogP contribution in [0, 0.1) is 30.2 Å². The zero-order chi connectivity index (χ0) is 9.07. The molecule has 0 heteroatoms. The summed E-state index contributed by atoms with van der Waals surface area (Å²) >= 11 is 0. The van der Waals surface area contributed by atoms with E-state index in [0.717, 1.165) is 6.55 Å². The van der Waals surface area contributed by atoms with E-state index in [2.05, 4.69) is 46.8 Å². The average molecular weight is 125 g/mol. The molecule has 0 fully saturated rings. The topological polar surface area (TPSA) is 0 Å². The molecule has 42 valence electrons. The third-order valence-electron chi connectivity index (χ3n) is 0.447. The molecular weight excluding hydrogens is 120 g/mol. The molecule has 0 atom stereocenters. The monoisotopic (exact) mass is 125 g/mol. The van der Waals surface area contributed by atoms with Crippen LogP contribution in [0.15, 0.2) is 29.5 Å². The van der Waals surface area contributed by atoms with Crippen molar-refractivity contribution in [2.45, 2.75) is 0 Å². The summed E-state index contributed by atoms with van der Waals surface area (Å²) < 4.78 is 12.9. The zero-order valence-corrected chi connectivity index (χ0v) is 5.08. The number of rotatable bonds is 0. The summed E-state index contributed by atoms with van der Waals surface area (Å²) in [6.45, 7) is 0.950. The van der Waals surface area contributed by atoms with E-state index in [1.807, 2.05) is 6.40 Å². The van der Waals surface area contributed by atoms with Gasteiger partial charge in [-0.15, -0.1) is 0 Å². The minimum absolute atomic E-state index is 0.950. The van der Waals surface area contributed by atoms with Crippen LogP contribution in [0.25, 0.3) is 0 Å². The smallest absolute Gasteiger partial charge is 0.0900 e. The van der Waals surface area contributed by atoms with Gasteiger partial charge in [0.05, 0.1) is 13.0 Å². The van der Waals surface area contributed by atoms with E-state index in [0.29, 0.717) is 0 Å². The third kappa shape index (κ3) is 5.89. The second-order valence-electron chi connectivity index (χ2n) is 1.02. The summed E-state index contributed by atoms with van der Waals surface area (Å²) in [7, 11) is 0. The van der Waals surface area contributed by atoms with Crippen LogP contribution in [0.3, 0.4) is 0 Å². The van der Waals surface area contributed by atoms with Gasteiger partial charge in [-0.05, 0) is 6.55 Å². The number of hydrogen-bond acceptors (Lipinski definition) is 0. The van der Waals surface area contributed by atoms with Crippen LogP contribution in [0.5, 0.6) is 0 Å². The van der Waals surface area contributed by atoms with E-state index in [1.165, 1.54) is 0 Å². The van der Waals surface area contributed by atoms with E-state index < -0.39 is 0 Å². The van der Waals surface area contributed by atoms with Crippen molar-refractivity contribution in [2.24, 2.45) is 0 Å². The fourth-order valence-corrected chi connectivity index (χ4v) is 0.192. The molecule has 0 bridgehead atoms. The summed E-state index contributed by atoms with van der Waals surface area (Å²) in [5.74, 6) is 6.90. The van der Waals surface area contributed by atoms with Crippen LogP contribution in [0.4, 0.5) is 0 Å². The van der Waals surface area contributed by atoms with Crippen LogP contribution < -0.4 is 0 Å². The highest BCUT2D eigenvalue weighted by molar-refractivity contribution is 5.24. The van der Waals surface area contributed by atoms with E-state index >= 15 is 0 Å². The maximum Gasteiger partial charge on any atom is 0.170 e. The second-order valence-corrected chi connectivity index (χ2v) is 1.02. The van der Waals surface area contributed by atoms with E-state index in [1.54, 1.807) is 0 Å². The number of hydrogen-bond donors (Lipinski definition) is 0. The molecule has 0 aliphatic heterocycles. The standard InChI is InChI=1S/C10H3/c1-3-5-7-9-10-8-6-4-2/h1H,2H2/q+1/i1D,2D. The van der Waals surface area contributed by atoms with Crippen LogP contribution in [0.2, 0.25) is 0 Å². The SMILES string of the molecule is [2H]C#CC#C[C+]=C=C=C=C=C[2H]. The van der Waals surface area contributed by atoms with Gasteiger partial charge in [0.1, 0.15) is 1.37 Å². The lowest BCUT2D eigenvalue weighted by molar-refractivity contribution is 2.06. The molecule has 0 spiro atoms. The highest BCUT2D eigenvalue weighted by Gasteiger charge is 1.64. The first kappa shape index (κ1) is 4.74. The van der Waals surface area contributed by atoms with Gasteiger partial charge in [0.15, 0.2) is 29.4 Å². The van der Waals surface area contributed by atoms with E-state index in [9.17, 15) is 0 Å². The molecule has 0 amide bonds. The summed E-state index contributed by atoms with van der Waals surface area (Å²) in [6.07, 6.45) is 4.25. The molecule has 0 N–H and O–H groups in total. The van der Waals surface area contributed by atoms with Crippen LogP contribution in [-0.2, 0) is 0 Å². The Labute approximate surface area is 63.4 Å². The Morgan fingerprint density at radius 3 is 3.40 bits per heavy atom. The minimum atomic E-state index is 0.950. The molecule has 0 rings (SSSR count). The van der Waals surface area contributed by atoms with Gasteiger partial charge in [-0.1, -0.05) is 12.1 Å². The largest absolute Gasteiger partial charge is 0.170 e. The van der Waals surface area contributed by atoms with Gasteiger partial charge in [0.25, 0.3) is 0 Å². The van der Waals surface area contributed by atoms with Crippen molar-refractivity contribution in [1.29, 1.82) is 0 Å². The van der Waals surface area contributed by atoms with Crippen molar-refractivity contribution in [2.75, 3.05) is 0 Å². The van der Waals surface area contributed by atoms with Gasteiger partial charge in [0, 0.05) is 0 Å². The van der Waals surface area contributed by atoms with Gasteiger partial charge in [-0.25, -0.2) is 0 Å². The predicted molar refractivity (Wildman–Crippen MR) is 39.5 cm³/mol. The van der Waals surface area contributed by atoms with Crippen LogP contribution in [0.1, 0.15) is 2.74 Å². The maximum atomic E-state index is 6.52. The lowest BCUT2D eigenvalue weighted by Crippen LogP contribution is -1.44. The van der Waals surface area contributed by atoms with Gasteiger partial charge in [0.2, 0.25) is 0 Å². The first-order chi connectivity index (χ1) is 5.91. The van der Waals surface area contributed by atoms with Gasteiger partial charge in [-0.2, -0.15) is 0 Å². The van der Waals surface area contributed by atoms with Crippen molar-refractivity contribution >= 4 is 0 Å². The minimum Gasteiger partial charge on any atom is -0.0900 e. The average Bonchev–Trinajstić information content (AvgIpc) is 2.10. The van der Waals surface area contributed by atoms with Crippen molar-refractivity contribution in [3.05, 3.63) is 35.6 Å². The quantitative estimate of drug-likeness (QED) is 0.259. The Bertz CT molecular complexity index is 410. The first-order valence-electron chi connectivity index (χ1n) is 3.37. The molecule has 0 aromatic carbocycles. The summed E-state index contributed by atoms with van der Waals surface area (Å²) in [6, 6.07) is 0. The van der Waals surface area contributed by atoms with Crippen LogP contribution >= 0.6 is 0 Å². The van der Waals surface area contributed by atoms with E-state index in [4.69, 9.17) is 2.74 Å². The molecule has 0 saturated heterocycles. The highest BCUT2D eigenvalue weighted by atomic mass is 13.5. The lowest BCUT2D eigenvalue weighted by Gasteiger charge is -1.35. The molecule has 0 aliphatic rings. The molecule has 0 aromatic rings. The highest BCUT2D eigenvalue weighted by Crippen LogP contribution is 1.56. The zero-order valence-electron chi connectivity index (χ0n) is 7.08. The maximum absolute atomic E-state index is 6.52. The van der Waals surface area contributed by atoms with E-state index in [-0.39, 0.29) is 0 Å². The number of terminal acetylenes is 1. The Morgan fingerprint density at radius 2 is 2.60 bits per heavy atom. The molecular formula is C10H3+. The van der Waals surface area contributed by atoms with Crippen molar-refractivity contribution in [1.82, 2.24) is 0 Å². The van der Waals surface area contributed by atoms with Crippen molar-refractivity contribution in [3.63, 3.8) is 0 Å². The second kappa shape index (κ2) is 6.89. The van der Waals surface area contributed by atoms with Crippen molar-refractivity contribution in [3.8, 4) is 24.2 Å². The lowest BCUT2D eigenvalue weighted by atomic mass is 10.5. The normalized spacial score (nSPS) is 5.20. The van der Waals surface area contributed by atoms with Gasteiger partial charge < -0.3 is 0 Å². The molecule has 0 radical (unpaired) electrons. The fraction of sp³-hybridized carbons (Fsp3) is 0. The Kier molecular flexibility index (Phi) is 3.27. The van der Waals surface area contributed by atoms with Gasteiger partial charge >= 0.3 is 0 Å². The molecule has 0 heterocycles. The van der Waals surface area contributed by atoms with Crippen molar-refractivity contribution < 1.29 is 2.74 Å². The summed E-state index contributed by atoms with van der Waals surface area (Å²) in [5, 5.41) is 0. The molecule has 0 unspecified atom stereocenters. The summed E-state index contributed by atoms with van der Waals surface area (Å²) in [5.41, 5.74) is 9.48.